The van der Waals surface area contributed by atoms with Gasteiger partial charge in [0.25, 0.3) is 0 Å². The van der Waals surface area contributed by atoms with Crippen molar-refractivity contribution in [1.82, 2.24) is 4.57 Å². The molecule has 4 nitrogen and oxygen atoms in total. The summed E-state index contributed by atoms with van der Waals surface area (Å²) in [6.45, 7) is 3.61. The fraction of sp³-hybridized carbons (Fsp3) is 0.273. The Labute approximate surface area is 87.2 Å². The van der Waals surface area contributed by atoms with Crippen molar-refractivity contribution in [2.75, 3.05) is 0 Å². The Hall–Kier alpha value is -1.84. The summed E-state index contributed by atoms with van der Waals surface area (Å²) in [7, 11) is 1.56. The fourth-order valence-electron chi connectivity index (χ4n) is 1.27. The van der Waals surface area contributed by atoms with Crippen molar-refractivity contribution in [1.29, 1.82) is 0 Å². The molecule has 1 aromatic rings. The topological polar surface area (TPSA) is 52.2 Å². The van der Waals surface area contributed by atoms with E-state index in [4.69, 9.17) is 0 Å². The Morgan fingerprint density at radius 2 is 1.73 bits per heavy atom. The van der Waals surface area contributed by atoms with Gasteiger partial charge in [-0.1, -0.05) is 12.2 Å². The minimum Gasteiger partial charge on any atom is -0.372 e. The van der Waals surface area contributed by atoms with Crippen molar-refractivity contribution in [2.45, 2.75) is 13.8 Å². The van der Waals surface area contributed by atoms with E-state index in [-0.39, 0.29) is 0 Å². The lowest BCUT2D eigenvalue weighted by Crippen LogP contribution is -2.26. The lowest BCUT2D eigenvalue weighted by molar-refractivity contribution is 0.416. The van der Waals surface area contributed by atoms with Gasteiger partial charge in [0, 0.05) is 7.05 Å². The van der Waals surface area contributed by atoms with Gasteiger partial charge in [-0.25, -0.2) is 9.59 Å². The minimum absolute atomic E-state index is 0.387. The van der Waals surface area contributed by atoms with Crippen molar-refractivity contribution in [3.8, 4) is 0 Å². The predicted molar refractivity (Wildman–Crippen MR) is 59.6 cm³/mol. The third-order valence-electron chi connectivity index (χ3n) is 1.97. The Kier molecular flexibility index (Phi) is 3.44. The molecular formula is C11H13NO3. The highest BCUT2D eigenvalue weighted by Crippen LogP contribution is 2.05. The average Bonchev–Trinajstić information content (AvgIpc) is 2.20. The van der Waals surface area contributed by atoms with Crippen LogP contribution >= 0.6 is 0 Å². The van der Waals surface area contributed by atoms with Gasteiger partial charge in [-0.2, -0.15) is 0 Å². The summed E-state index contributed by atoms with van der Waals surface area (Å²) < 4.78 is 5.85. The molecule has 0 aromatic carbocycles. The van der Waals surface area contributed by atoms with Crippen LogP contribution in [0.5, 0.6) is 0 Å². The number of hydrogen-bond donors (Lipinski definition) is 0. The van der Waals surface area contributed by atoms with E-state index in [0.29, 0.717) is 11.3 Å². The number of nitrogens with zero attached hydrogens (tertiary/aromatic N) is 1. The van der Waals surface area contributed by atoms with E-state index in [9.17, 15) is 9.59 Å². The molecule has 0 aliphatic heterocycles. The molecule has 0 aliphatic rings. The predicted octanol–water partition coefficient (Wildman–Crippen LogP) is 1.40. The van der Waals surface area contributed by atoms with Crippen LogP contribution in [-0.4, -0.2) is 4.57 Å². The standard InChI is InChI=1S/C11H13NO3/c1-4-6-8-9(7-5-2)12(3)11(14)15-10(8)13/h4-7H,1-3H3/b6-4-,7-5-. The fourth-order valence-corrected chi connectivity index (χ4v) is 1.27. The third kappa shape index (κ3) is 2.15. The first kappa shape index (κ1) is 11.2. The lowest BCUT2D eigenvalue weighted by atomic mass is 10.2. The largest absolute Gasteiger partial charge is 0.422 e. The van der Waals surface area contributed by atoms with Gasteiger partial charge in [-0.3, -0.25) is 4.57 Å². The Morgan fingerprint density at radius 3 is 2.27 bits per heavy atom. The number of aromatic nitrogens is 1. The quantitative estimate of drug-likeness (QED) is 0.736. The molecule has 0 bridgehead atoms. The van der Waals surface area contributed by atoms with Crippen molar-refractivity contribution in [3.05, 3.63) is 44.4 Å². The smallest absolute Gasteiger partial charge is 0.372 e. The zero-order valence-electron chi connectivity index (χ0n) is 8.98. The Morgan fingerprint density at radius 1 is 1.13 bits per heavy atom. The van der Waals surface area contributed by atoms with Crippen LogP contribution in [-0.2, 0) is 7.05 Å². The summed E-state index contributed by atoms with van der Waals surface area (Å²) in [6.07, 6.45) is 6.82. The molecule has 0 radical (unpaired) electrons. The summed E-state index contributed by atoms with van der Waals surface area (Å²) in [6, 6.07) is 0. The van der Waals surface area contributed by atoms with Crippen LogP contribution in [0.25, 0.3) is 12.2 Å². The summed E-state index contributed by atoms with van der Waals surface area (Å²) in [5, 5.41) is 0. The van der Waals surface area contributed by atoms with Crippen LogP contribution in [0, 0.1) is 0 Å². The molecule has 80 valence electrons. The SMILES string of the molecule is C/C=C\c1c(/C=C\C)n(C)c(=O)oc1=O. The highest BCUT2D eigenvalue weighted by Gasteiger charge is 2.08. The zero-order valence-corrected chi connectivity index (χ0v) is 8.98. The highest BCUT2D eigenvalue weighted by molar-refractivity contribution is 5.61. The van der Waals surface area contributed by atoms with Crippen molar-refractivity contribution < 1.29 is 4.42 Å². The lowest BCUT2D eigenvalue weighted by Gasteiger charge is -2.04. The van der Waals surface area contributed by atoms with Crippen LogP contribution in [0.4, 0.5) is 0 Å². The maximum atomic E-state index is 11.4. The van der Waals surface area contributed by atoms with Gasteiger partial charge in [0.15, 0.2) is 0 Å². The van der Waals surface area contributed by atoms with Gasteiger partial charge in [0.2, 0.25) is 0 Å². The molecule has 1 rings (SSSR count). The van der Waals surface area contributed by atoms with Gasteiger partial charge >= 0.3 is 11.4 Å². The molecule has 0 unspecified atom stereocenters. The van der Waals surface area contributed by atoms with Gasteiger partial charge in [-0.15, -0.1) is 0 Å². The summed E-state index contributed by atoms with van der Waals surface area (Å²) >= 11 is 0. The van der Waals surface area contributed by atoms with E-state index >= 15 is 0 Å². The van der Waals surface area contributed by atoms with E-state index in [0.717, 1.165) is 0 Å². The van der Waals surface area contributed by atoms with E-state index < -0.39 is 11.4 Å². The minimum atomic E-state index is -0.652. The van der Waals surface area contributed by atoms with Crippen LogP contribution < -0.4 is 11.4 Å². The normalized spacial score (nSPS) is 11.7. The first-order chi connectivity index (χ1) is 7.11. The van der Waals surface area contributed by atoms with Crippen LogP contribution in [0.1, 0.15) is 25.1 Å². The van der Waals surface area contributed by atoms with Crippen LogP contribution in [0.2, 0.25) is 0 Å². The van der Waals surface area contributed by atoms with Crippen LogP contribution in [0.3, 0.4) is 0 Å². The Bertz CT molecular complexity index is 518. The summed E-state index contributed by atoms with van der Waals surface area (Å²) in [5.41, 5.74) is 0.332. The van der Waals surface area contributed by atoms with E-state index in [1.807, 2.05) is 6.92 Å². The summed E-state index contributed by atoms with van der Waals surface area (Å²) in [4.78, 5) is 22.6. The van der Waals surface area contributed by atoms with Crippen LogP contribution in [0.15, 0.2) is 26.2 Å². The van der Waals surface area contributed by atoms with Crippen molar-refractivity contribution in [2.24, 2.45) is 7.05 Å². The molecule has 0 amide bonds. The molecule has 0 fully saturated rings. The number of allylic oxidation sites excluding steroid dienone is 2. The number of hydrogen-bond acceptors (Lipinski definition) is 3. The van der Waals surface area contributed by atoms with Gasteiger partial charge in [0.05, 0.1) is 11.3 Å². The highest BCUT2D eigenvalue weighted by atomic mass is 16.4. The molecule has 0 saturated carbocycles. The first-order valence-electron chi connectivity index (χ1n) is 4.61. The maximum absolute atomic E-state index is 11.4. The first-order valence-corrected chi connectivity index (χ1v) is 4.61. The molecule has 1 aromatic heterocycles. The molecular weight excluding hydrogens is 194 g/mol. The second-order valence-electron chi connectivity index (χ2n) is 3.01. The molecule has 4 heteroatoms. The molecule has 0 atom stereocenters. The van der Waals surface area contributed by atoms with E-state index in [1.54, 1.807) is 38.3 Å². The Balaban J connectivity index is 3.69. The molecule has 0 N–H and O–H groups in total. The molecule has 1 heterocycles. The van der Waals surface area contributed by atoms with Gasteiger partial charge in [-0.05, 0) is 26.0 Å². The molecule has 15 heavy (non-hydrogen) atoms. The van der Waals surface area contributed by atoms with Crippen molar-refractivity contribution in [3.63, 3.8) is 0 Å². The molecule has 0 saturated heterocycles. The second kappa shape index (κ2) is 4.59. The van der Waals surface area contributed by atoms with E-state index in [1.165, 1.54) is 4.57 Å². The second-order valence-corrected chi connectivity index (χ2v) is 3.01. The van der Waals surface area contributed by atoms with Gasteiger partial charge < -0.3 is 4.42 Å². The maximum Gasteiger partial charge on any atom is 0.422 e. The zero-order chi connectivity index (χ0) is 11.4. The third-order valence-corrected chi connectivity index (χ3v) is 1.97. The number of rotatable bonds is 2. The van der Waals surface area contributed by atoms with E-state index in [2.05, 4.69) is 4.42 Å². The monoisotopic (exact) mass is 207 g/mol. The summed E-state index contributed by atoms with van der Waals surface area (Å²) in [5.74, 6) is -0.652. The van der Waals surface area contributed by atoms with Gasteiger partial charge in [0.1, 0.15) is 0 Å². The average molecular weight is 207 g/mol. The van der Waals surface area contributed by atoms with Crippen molar-refractivity contribution >= 4 is 12.2 Å². The molecule has 0 aliphatic carbocycles. The molecule has 0 spiro atoms.